The van der Waals surface area contributed by atoms with Crippen molar-refractivity contribution < 1.29 is 32.6 Å². The van der Waals surface area contributed by atoms with E-state index in [1.165, 1.54) is 18.2 Å². The Bertz CT molecular complexity index is 473. The lowest BCUT2D eigenvalue weighted by atomic mass is 10.2. The average Bonchev–Trinajstić information content (AvgIpc) is 2.32. The van der Waals surface area contributed by atoms with Gasteiger partial charge in [-0.05, 0) is 18.2 Å². The lowest BCUT2D eigenvalue weighted by Crippen LogP contribution is -2.36. The smallest absolute Gasteiger partial charge is 0.405 e. The molecule has 0 aromatic heterocycles. The number of aromatic hydroxyl groups is 1. The quantitative estimate of drug-likeness (QED) is 0.812. The molecule has 0 aliphatic heterocycles. The van der Waals surface area contributed by atoms with E-state index in [0.29, 0.717) is 0 Å². The fourth-order valence-electron chi connectivity index (χ4n) is 1.10. The summed E-state index contributed by atoms with van der Waals surface area (Å²) in [6.07, 6.45) is -4.52. The van der Waals surface area contributed by atoms with Crippen LogP contribution in [0.25, 0.3) is 0 Å². The standard InChI is InChI=1S/C11H10F3NO4/c12-11(13,14)6-15-9(17)5-19-10(18)7-2-1-3-8(16)4-7/h1-4,16H,5-6H2,(H,15,17). The van der Waals surface area contributed by atoms with Crippen LogP contribution < -0.4 is 5.32 Å². The van der Waals surface area contributed by atoms with Crippen LogP contribution in [0.2, 0.25) is 0 Å². The molecule has 1 aromatic carbocycles. The molecule has 0 bridgehead atoms. The Hall–Kier alpha value is -2.25. The fourth-order valence-corrected chi connectivity index (χ4v) is 1.10. The first kappa shape index (κ1) is 14.8. The van der Waals surface area contributed by atoms with Crippen LogP contribution >= 0.6 is 0 Å². The molecule has 0 radical (unpaired) electrons. The minimum atomic E-state index is -4.52. The van der Waals surface area contributed by atoms with Crippen molar-refractivity contribution in [2.45, 2.75) is 6.18 Å². The van der Waals surface area contributed by atoms with Gasteiger partial charge in [0.25, 0.3) is 5.91 Å². The van der Waals surface area contributed by atoms with Crippen LogP contribution in [0.15, 0.2) is 24.3 Å². The maximum absolute atomic E-state index is 11.8. The molecule has 0 aliphatic carbocycles. The van der Waals surface area contributed by atoms with Gasteiger partial charge in [-0.1, -0.05) is 6.07 Å². The van der Waals surface area contributed by atoms with Crippen LogP contribution in [-0.2, 0) is 9.53 Å². The number of ether oxygens (including phenoxy) is 1. The van der Waals surface area contributed by atoms with Crippen LogP contribution in [-0.4, -0.2) is 36.3 Å². The van der Waals surface area contributed by atoms with Gasteiger partial charge in [0.05, 0.1) is 5.56 Å². The Labute approximate surface area is 106 Å². The fraction of sp³-hybridized carbons (Fsp3) is 0.273. The van der Waals surface area contributed by atoms with Gasteiger partial charge in [-0.2, -0.15) is 13.2 Å². The molecule has 0 aliphatic rings. The molecule has 0 unspecified atom stereocenters. The number of amides is 1. The van der Waals surface area contributed by atoms with Crippen LogP contribution in [0.4, 0.5) is 13.2 Å². The number of carbonyl (C=O) groups is 2. The molecule has 1 amide bonds. The van der Waals surface area contributed by atoms with Gasteiger partial charge in [0.15, 0.2) is 6.61 Å². The van der Waals surface area contributed by atoms with Crippen molar-refractivity contribution in [1.82, 2.24) is 5.32 Å². The molecule has 0 heterocycles. The third kappa shape index (κ3) is 5.75. The Morgan fingerprint density at radius 3 is 2.58 bits per heavy atom. The van der Waals surface area contributed by atoms with Gasteiger partial charge in [-0.15, -0.1) is 0 Å². The number of esters is 1. The highest BCUT2D eigenvalue weighted by molar-refractivity contribution is 5.91. The second-order valence-corrected chi connectivity index (χ2v) is 3.52. The second-order valence-electron chi connectivity index (χ2n) is 3.52. The number of benzene rings is 1. The minimum Gasteiger partial charge on any atom is -0.508 e. The third-order valence-electron chi connectivity index (χ3n) is 1.90. The lowest BCUT2D eigenvalue weighted by Gasteiger charge is -2.08. The average molecular weight is 277 g/mol. The lowest BCUT2D eigenvalue weighted by molar-refractivity contribution is -0.140. The summed E-state index contributed by atoms with van der Waals surface area (Å²) in [6, 6.07) is 5.15. The highest BCUT2D eigenvalue weighted by atomic mass is 19.4. The van der Waals surface area contributed by atoms with Gasteiger partial charge >= 0.3 is 12.1 Å². The van der Waals surface area contributed by atoms with Gasteiger partial charge in [0.1, 0.15) is 12.3 Å². The number of rotatable bonds is 4. The number of hydrogen-bond donors (Lipinski definition) is 2. The predicted molar refractivity (Wildman–Crippen MR) is 57.5 cm³/mol. The summed E-state index contributed by atoms with van der Waals surface area (Å²) < 4.78 is 39.8. The van der Waals surface area contributed by atoms with Crippen LogP contribution in [0.5, 0.6) is 5.75 Å². The number of nitrogens with one attached hydrogen (secondary N) is 1. The highest BCUT2D eigenvalue weighted by Gasteiger charge is 2.27. The van der Waals surface area contributed by atoms with Crippen molar-refractivity contribution in [3.8, 4) is 5.75 Å². The molecule has 1 rings (SSSR count). The number of alkyl halides is 3. The Balaban J connectivity index is 2.40. The molecule has 0 saturated heterocycles. The molecule has 0 fully saturated rings. The zero-order valence-corrected chi connectivity index (χ0v) is 9.53. The highest BCUT2D eigenvalue weighted by Crippen LogP contribution is 2.13. The molecule has 0 saturated carbocycles. The van der Waals surface area contributed by atoms with Gasteiger partial charge < -0.3 is 15.2 Å². The van der Waals surface area contributed by atoms with Gasteiger partial charge in [0, 0.05) is 0 Å². The summed E-state index contributed by atoms with van der Waals surface area (Å²) >= 11 is 0. The molecule has 0 spiro atoms. The van der Waals surface area contributed by atoms with Crippen molar-refractivity contribution in [3.05, 3.63) is 29.8 Å². The Morgan fingerprint density at radius 1 is 1.32 bits per heavy atom. The van der Waals surface area contributed by atoms with E-state index in [1.54, 1.807) is 5.32 Å². The maximum Gasteiger partial charge on any atom is 0.405 e. The molecule has 0 atom stereocenters. The molecule has 1 aromatic rings. The van der Waals surface area contributed by atoms with Crippen LogP contribution in [0, 0.1) is 0 Å². The monoisotopic (exact) mass is 277 g/mol. The van der Waals surface area contributed by atoms with Crippen molar-refractivity contribution in [3.63, 3.8) is 0 Å². The molecular formula is C11H10F3NO4. The normalized spacial score (nSPS) is 10.9. The van der Waals surface area contributed by atoms with Gasteiger partial charge in [0.2, 0.25) is 0 Å². The summed E-state index contributed by atoms with van der Waals surface area (Å²) in [7, 11) is 0. The molecule has 2 N–H and O–H groups in total. The van der Waals surface area contributed by atoms with E-state index in [0.717, 1.165) is 6.07 Å². The third-order valence-corrected chi connectivity index (χ3v) is 1.90. The van der Waals surface area contributed by atoms with Gasteiger partial charge in [-0.3, -0.25) is 4.79 Å². The second kappa shape index (κ2) is 6.07. The Morgan fingerprint density at radius 2 is 2.00 bits per heavy atom. The number of phenolic OH excluding ortho intramolecular Hbond substituents is 1. The molecular weight excluding hydrogens is 267 g/mol. The van der Waals surface area contributed by atoms with E-state index in [-0.39, 0.29) is 11.3 Å². The molecule has 104 valence electrons. The summed E-state index contributed by atoms with van der Waals surface area (Å²) in [6.45, 7) is -2.32. The Kier molecular flexibility index (Phi) is 4.74. The molecule has 8 heteroatoms. The zero-order chi connectivity index (χ0) is 14.5. The first-order chi connectivity index (χ1) is 8.78. The largest absolute Gasteiger partial charge is 0.508 e. The molecule has 5 nitrogen and oxygen atoms in total. The summed E-state index contributed by atoms with van der Waals surface area (Å²) in [5.74, 6) is -2.15. The van der Waals surface area contributed by atoms with Crippen molar-refractivity contribution in [2.75, 3.05) is 13.2 Å². The summed E-state index contributed by atoms with van der Waals surface area (Å²) in [5, 5.41) is 10.7. The van der Waals surface area contributed by atoms with E-state index >= 15 is 0 Å². The first-order valence-corrected chi connectivity index (χ1v) is 5.07. The number of halogens is 3. The van der Waals surface area contributed by atoms with E-state index in [2.05, 4.69) is 4.74 Å². The van der Waals surface area contributed by atoms with Crippen molar-refractivity contribution in [2.24, 2.45) is 0 Å². The van der Waals surface area contributed by atoms with E-state index in [9.17, 15) is 22.8 Å². The first-order valence-electron chi connectivity index (χ1n) is 5.07. The number of phenols is 1. The maximum atomic E-state index is 11.8. The van der Waals surface area contributed by atoms with Crippen molar-refractivity contribution in [1.29, 1.82) is 0 Å². The van der Waals surface area contributed by atoms with E-state index in [4.69, 9.17) is 5.11 Å². The van der Waals surface area contributed by atoms with E-state index < -0.39 is 31.2 Å². The zero-order valence-electron chi connectivity index (χ0n) is 9.53. The SMILES string of the molecule is O=C(COC(=O)c1cccc(O)c1)NCC(F)(F)F. The number of carbonyl (C=O) groups excluding carboxylic acids is 2. The van der Waals surface area contributed by atoms with Gasteiger partial charge in [-0.25, -0.2) is 4.79 Å². The van der Waals surface area contributed by atoms with Crippen LogP contribution in [0.3, 0.4) is 0 Å². The summed E-state index contributed by atoms with van der Waals surface area (Å²) in [4.78, 5) is 22.3. The number of hydrogen-bond acceptors (Lipinski definition) is 4. The minimum absolute atomic E-state index is 0.0105. The topological polar surface area (TPSA) is 75.6 Å². The van der Waals surface area contributed by atoms with Crippen molar-refractivity contribution >= 4 is 11.9 Å². The van der Waals surface area contributed by atoms with Crippen LogP contribution in [0.1, 0.15) is 10.4 Å². The molecule has 19 heavy (non-hydrogen) atoms. The summed E-state index contributed by atoms with van der Waals surface area (Å²) in [5.41, 5.74) is -0.0105. The predicted octanol–water partition coefficient (Wildman–Crippen LogP) is 1.23. The van der Waals surface area contributed by atoms with E-state index in [1.807, 2.05) is 0 Å².